The topological polar surface area (TPSA) is 37.3 Å². The van der Waals surface area contributed by atoms with Crippen LogP contribution in [0.5, 0.6) is 0 Å². The summed E-state index contributed by atoms with van der Waals surface area (Å²) in [5.74, 6) is 1.41. The molecule has 1 rings (SSSR count). The highest BCUT2D eigenvalue weighted by atomic mass is 16.4. The number of carbonyl (C=O) groups is 1. The third kappa shape index (κ3) is 7.91. The predicted octanol–water partition coefficient (Wildman–Crippen LogP) is 5.80. The van der Waals surface area contributed by atoms with Crippen molar-refractivity contribution in [2.75, 3.05) is 0 Å². The molecule has 2 atom stereocenters. The molecule has 0 aromatic carbocycles. The van der Waals surface area contributed by atoms with Gasteiger partial charge in [-0.05, 0) is 18.3 Å². The zero-order valence-electron chi connectivity index (χ0n) is 13.4. The molecule has 0 radical (unpaired) electrons. The summed E-state index contributed by atoms with van der Waals surface area (Å²) in [6.07, 6.45) is 17.7. The second-order valence-corrected chi connectivity index (χ2v) is 6.65. The van der Waals surface area contributed by atoms with Gasteiger partial charge in [0, 0.05) is 6.42 Å². The Balaban J connectivity index is 1.93. The molecular formula is C18H34O2. The van der Waals surface area contributed by atoms with Crippen molar-refractivity contribution >= 4 is 5.97 Å². The van der Waals surface area contributed by atoms with Crippen molar-refractivity contribution in [3.05, 3.63) is 0 Å². The van der Waals surface area contributed by atoms with Gasteiger partial charge in [0.1, 0.15) is 0 Å². The van der Waals surface area contributed by atoms with Crippen LogP contribution in [0.4, 0.5) is 0 Å². The van der Waals surface area contributed by atoms with E-state index in [9.17, 15) is 4.79 Å². The van der Waals surface area contributed by atoms with Crippen LogP contribution in [0.1, 0.15) is 96.8 Å². The third-order valence-electron chi connectivity index (χ3n) is 4.96. The molecule has 2 unspecified atom stereocenters. The van der Waals surface area contributed by atoms with E-state index < -0.39 is 5.97 Å². The second kappa shape index (κ2) is 11.2. The summed E-state index contributed by atoms with van der Waals surface area (Å²) in [5, 5.41) is 8.56. The maximum absolute atomic E-state index is 10.4. The van der Waals surface area contributed by atoms with Crippen LogP contribution < -0.4 is 0 Å². The molecule has 0 heterocycles. The fourth-order valence-corrected chi connectivity index (χ4v) is 3.73. The number of carboxylic acids is 1. The van der Waals surface area contributed by atoms with Gasteiger partial charge in [0.2, 0.25) is 0 Å². The van der Waals surface area contributed by atoms with Crippen LogP contribution in [0.2, 0.25) is 0 Å². The number of carboxylic acid groups (broad SMARTS) is 1. The SMILES string of the molecule is CCCCC1CCCC1CCCCCCCCC(=O)O. The maximum Gasteiger partial charge on any atom is 0.303 e. The van der Waals surface area contributed by atoms with Gasteiger partial charge in [-0.25, -0.2) is 0 Å². The summed E-state index contributed by atoms with van der Waals surface area (Å²) in [5.41, 5.74) is 0. The highest BCUT2D eigenvalue weighted by Crippen LogP contribution is 2.38. The van der Waals surface area contributed by atoms with Gasteiger partial charge in [0.05, 0.1) is 0 Å². The molecule has 1 N–H and O–H groups in total. The maximum atomic E-state index is 10.4. The van der Waals surface area contributed by atoms with Crippen molar-refractivity contribution in [3.8, 4) is 0 Å². The Morgan fingerprint density at radius 1 is 0.900 bits per heavy atom. The minimum atomic E-state index is -0.649. The lowest BCUT2D eigenvalue weighted by Crippen LogP contribution is -2.07. The van der Waals surface area contributed by atoms with E-state index >= 15 is 0 Å². The summed E-state index contributed by atoms with van der Waals surface area (Å²) in [7, 11) is 0. The van der Waals surface area contributed by atoms with Crippen LogP contribution in [0.15, 0.2) is 0 Å². The largest absolute Gasteiger partial charge is 0.481 e. The average Bonchev–Trinajstić information content (AvgIpc) is 2.86. The van der Waals surface area contributed by atoms with E-state index in [1.807, 2.05) is 0 Å². The van der Waals surface area contributed by atoms with Gasteiger partial charge < -0.3 is 5.11 Å². The van der Waals surface area contributed by atoms with E-state index in [0.29, 0.717) is 6.42 Å². The molecule has 0 amide bonds. The minimum absolute atomic E-state index is 0.348. The first kappa shape index (κ1) is 17.5. The van der Waals surface area contributed by atoms with Gasteiger partial charge in [-0.2, -0.15) is 0 Å². The Bertz CT molecular complexity index is 250. The second-order valence-electron chi connectivity index (χ2n) is 6.65. The van der Waals surface area contributed by atoms with E-state index in [1.54, 1.807) is 0 Å². The molecule has 20 heavy (non-hydrogen) atoms. The highest BCUT2D eigenvalue weighted by molar-refractivity contribution is 5.66. The van der Waals surface area contributed by atoms with E-state index in [2.05, 4.69) is 6.92 Å². The van der Waals surface area contributed by atoms with Gasteiger partial charge in [0.25, 0.3) is 0 Å². The number of hydrogen-bond donors (Lipinski definition) is 1. The first-order chi connectivity index (χ1) is 9.74. The minimum Gasteiger partial charge on any atom is -0.481 e. The molecule has 0 bridgehead atoms. The first-order valence-corrected chi connectivity index (χ1v) is 8.95. The van der Waals surface area contributed by atoms with E-state index in [-0.39, 0.29) is 0 Å². The lowest BCUT2D eigenvalue weighted by Gasteiger charge is -2.19. The molecule has 0 spiro atoms. The number of rotatable bonds is 12. The van der Waals surface area contributed by atoms with Crippen molar-refractivity contribution in [2.45, 2.75) is 96.8 Å². The van der Waals surface area contributed by atoms with Gasteiger partial charge in [-0.3, -0.25) is 4.79 Å². The van der Waals surface area contributed by atoms with Crippen LogP contribution in [0.3, 0.4) is 0 Å². The summed E-state index contributed by atoms with van der Waals surface area (Å²) in [6, 6.07) is 0. The van der Waals surface area contributed by atoms with Gasteiger partial charge in [-0.15, -0.1) is 0 Å². The molecule has 1 fully saturated rings. The average molecular weight is 282 g/mol. The molecule has 1 aliphatic carbocycles. The Hall–Kier alpha value is -0.530. The normalized spacial score (nSPS) is 22.2. The van der Waals surface area contributed by atoms with Gasteiger partial charge >= 0.3 is 5.97 Å². The first-order valence-electron chi connectivity index (χ1n) is 8.95. The lowest BCUT2D eigenvalue weighted by atomic mass is 9.87. The van der Waals surface area contributed by atoms with Crippen molar-refractivity contribution < 1.29 is 9.90 Å². The molecule has 2 heteroatoms. The van der Waals surface area contributed by atoms with Crippen molar-refractivity contribution in [1.82, 2.24) is 0 Å². The highest BCUT2D eigenvalue weighted by Gasteiger charge is 2.25. The Labute approximate surface area is 125 Å². The quantitative estimate of drug-likeness (QED) is 0.459. The third-order valence-corrected chi connectivity index (χ3v) is 4.96. The van der Waals surface area contributed by atoms with Crippen LogP contribution in [0.25, 0.3) is 0 Å². The summed E-state index contributed by atoms with van der Waals surface area (Å²) < 4.78 is 0. The van der Waals surface area contributed by atoms with Crippen molar-refractivity contribution in [1.29, 1.82) is 0 Å². The monoisotopic (exact) mass is 282 g/mol. The number of aliphatic carboxylic acids is 1. The van der Waals surface area contributed by atoms with Crippen LogP contribution in [0, 0.1) is 11.8 Å². The van der Waals surface area contributed by atoms with Gasteiger partial charge in [0.15, 0.2) is 0 Å². The zero-order chi connectivity index (χ0) is 14.6. The molecule has 1 aliphatic rings. The molecular weight excluding hydrogens is 248 g/mol. The Morgan fingerprint density at radius 3 is 2.05 bits per heavy atom. The fourth-order valence-electron chi connectivity index (χ4n) is 3.73. The molecule has 0 aliphatic heterocycles. The Kier molecular flexibility index (Phi) is 9.78. The summed E-state index contributed by atoms with van der Waals surface area (Å²) >= 11 is 0. The number of unbranched alkanes of at least 4 members (excludes halogenated alkanes) is 6. The van der Waals surface area contributed by atoms with E-state index in [4.69, 9.17) is 5.11 Å². The summed E-state index contributed by atoms with van der Waals surface area (Å²) in [4.78, 5) is 10.4. The lowest BCUT2D eigenvalue weighted by molar-refractivity contribution is -0.137. The molecule has 0 aromatic heterocycles. The van der Waals surface area contributed by atoms with Crippen LogP contribution >= 0.6 is 0 Å². The summed E-state index contributed by atoms with van der Waals surface area (Å²) in [6.45, 7) is 2.30. The van der Waals surface area contributed by atoms with Crippen LogP contribution in [-0.4, -0.2) is 11.1 Å². The molecule has 2 nitrogen and oxygen atoms in total. The van der Waals surface area contributed by atoms with Crippen molar-refractivity contribution in [2.24, 2.45) is 11.8 Å². The molecule has 1 saturated carbocycles. The van der Waals surface area contributed by atoms with Gasteiger partial charge in [-0.1, -0.05) is 84.0 Å². The van der Waals surface area contributed by atoms with E-state index in [1.165, 1.54) is 70.6 Å². The predicted molar refractivity (Wildman–Crippen MR) is 84.9 cm³/mol. The van der Waals surface area contributed by atoms with Crippen molar-refractivity contribution in [3.63, 3.8) is 0 Å². The molecule has 0 saturated heterocycles. The van der Waals surface area contributed by atoms with E-state index in [0.717, 1.165) is 24.7 Å². The smallest absolute Gasteiger partial charge is 0.303 e. The molecule has 118 valence electrons. The number of hydrogen-bond acceptors (Lipinski definition) is 1. The van der Waals surface area contributed by atoms with Crippen LogP contribution in [-0.2, 0) is 4.79 Å². The fraction of sp³-hybridized carbons (Fsp3) is 0.944. The molecule has 0 aromatic rings. The Morgan fingerprint density at radius 2 is 1.45 bits per heavy atom. The standard InChI is InChI=1S/C18H34O2/c1-2-3-11-16-13-10-14-17(16)12-8-6-4-5-7-9-15-18(19)20/h16-17H,2-15H2,1H3,(H,19,20). The zero-order valence-corrected chi connectivity index (χ0v) is 13.4.